The Morgan fingerprint density at radius 3 is 1.99 bits per heavy atom. The van der Waals surface area contributed by atoms with Gasteiger partial charge in [0, 0.05) is 67.8 Å². The number of nitrogens with one attached hydrogen (secondary N) is 10. The van der Waals surface area contributed by atoms with Gasteiger partial charge in [-0.05, 0) is 81.5 Å². The average molecular weight is 1150 g/mol. The number of imidazole rings is 1. The van der Waals surface area contributed by atoms with E-state index in [0.717, 1.165) is 16.5 Å². The van der Waals surface area contributed by atoms with Gasteiger partial charge in [0.2, 0.25) is 53.2 Å². The van der Waals surface area contributed by atoms with Crippen molar-refractivity contribution in [2.24, 2.45) is 27.9 Å². The molecule has 9 amide bonds. The van der Waals surface area contributed by atoms with Crippen LogP contribution in [0.25, 0.3) is 10.9 Å². The van der Waals surface area contributed by atoms with E-state index in [1.807, 2.05) is 24.3 Å². The second kappa shape index (κ2) is 31.2. The first kappa shape index (κ1) is 63.0. The van der Waals surface area contributed by atoms with Crippen molar-refractivity contribution in [1.29, 1.82) is 0 Å². The van der Waals surface area contributed by atoms with Crippen molar-refractivity contribution in [3.63, 3.8) is 0 Å². The summed E-state index contributed by atoms with van der Waals surface area (Å²) >= 11 is 0. The van der Waals surface area contributed by atoms with Crippen LogP contribution in [-0.4, -0.2) is 147 Å². The molecule has 0 saturated carbocycles. The number of carbonyl (C=O) groups excluding carboxylic acids is 9. The summed E-state index contributed by atoms with van der Waals surface area (Å²) < 4.78 is 0. The van der Waals surface area contributed by atoms with Crippen molar-refractivity contribution in [3.05, 3.63) is 126 Å². The van der Waals surface area contributed by atoms with E-state index in [-0.39, 0.29) is 89.7 Å². The van der Waals surface area contributed by atoms with Gasteiger partial charge in [-0.3, -0.25) is 48.1 Å². The third-order valence-corrected chi connectivity index (χ3v) is 13.9. The number of carbonyl (C=O) groups is 9. The number of hydrogen-bond acceptors (Lipinski definition) is 13. The highest BCUT2D eigenvalue weighted by Gasteiger charge is 2.36. The van der Waals surface area contributed by atoms with E-state index in [0.29, 0.717) is 22.6 Å². The molecule has 0 spiro atoms. The largest absolute Gasteiger partial charge is 0.391 e. The minimum absolute atomic E-state index is 0.0273. The molecule has 0 aliphatic carbocycles. The van der Waals surface area contributed by atoms with Gasteiger partial charge in [0.1, 0.15) is 48.1 Å². The number of amides is 9. The highest BCUT2D eigenvalue weighted by atomic mass is 16.3. The first-order valence-electron chi connectivity index (χ1n) is 27.6. The topological polar surface area (TPSA) is 431 Å². The summed E-state index contributed by atoms with van der Waals surface area (Å²) in [6.45, 7) is 3.02. The number of rotatable bonds is 18. The minimum atomic E-state index is -1.55. The molecule has 444 valence electrons. The molecule has 5 aromatic rings. The average Bonchev–Trinajstić information content (AvgIpc) is 4.20. The van der Waals surface area contributed by atoms with Crippen LogP contribution in [0, 0.1) is 6.92 Å². The number of H-pyrrole nitrogens is 2. The Kier molecular flexibility index (Phi) is 23.7. The molecule has 1 saturated heterocycles. The predicted molar refractivity (Wildman–Crippen MR) is 308 cm³/mol. The molecule has 1 aliphatic heterocycles. The predicted octanol–water partition coefficient (Wildman–Crippen LogP) is -1.81. The van der Waals surface area contributed by atoms with Gasteiger partial charge in [-0.25, -0.2) is 4.98 Å². The van der Waals surface area contributed by atoms with Gasteiger partial charge in [-0.15, -0.1) is 0 Å². The molecular weight excluding hydrogens is 1070 g/mol. The highest BCUT2D eigenvalue weighted by Crippen LogP contribution is 2.20. The highest BCUT2D eigenvalue weighted by molar-refractivity contribution is 5.98. The second-order valence-electron chi connectivity index (χ2n) is 20.6. The second-order valence-corrected chi connectivity index (χ2v) is 20.6. The molecular formula is C57H76N16O10. The van der Waals surface area contributed by atoms with E-state index in [1.54, 1.807) is 73.8 Å². The maximum absolute atomic E-state index is 14.9. The molecule has 2 aromatic heterocycles. The fourth-order valence-electron chi connectivity index (χ4n) is 9.45. The Hall–Kier alpha value is -9.17. The molecule has 6 rings (SSSR count). The third-order valence-electron chi connectivity index (χ3n) is 13.9. The monoisotopic (exact) mass is 1140 g/mol. The number of para-hydroxylation sites is 1. The summed E-state index contributed by atoms with van der Waals surface area (Å²) in [5.41, 5.74) is 26.2. The Balaban J connectivity index is 1.39. The van der Waals surface area contributed by atoms with Crippen LogP contribution < -0.4 is 65.5 Å². The van der Waals surface area contributed by atoms with Crippen LogP contribution in [0.5, 0.6) is 0 Å². The molecule has 3 heterocycles. The lowest BCUT2D eigenvalue weighted by atomic mass is 10.0. The smallest absolute Gasteiger partial charge is 0.243 e. The number of aliphatic hydroxyl groups is 1. The van der Waals surface area contributed by atoms with Crippen molar-refractivity contribution in [2.75, 3.05) is 13.1 Å². The van der Waals surface area contributed by atoms with E-state index in [2.05, 4.69) is 62.5 Å². The first-order chi connectivity index (χ1) is 39.7. The zero-order chi connectivity index (χ0) is 60.0. The number of aromatic amines is 2. The van der Waals surface area contributed by atoms with Crippen molar-refractivity contribution < 1.29 is 48.3 Å². The Morgan fingerprint density at radius 2 is 1.34 bits per heavy atom. The SMILES string of the molecule is Cc1ncc(C[C@@H]2NC(=O)[C@@H](NC(=O)[C@H](N)Cc3ccccc3)CCC(=O)NCCCC[C@H](C(=O)N[C@H](C(N)=O)[C@@H](C)O)NC(=O)[C@@H](Cc3c[nH]c4ccccc34)NC(=O)[C@H](CCCN=C(N)N)NC(=O)[C@H](Cc3ccccc3)NC2=O)[nH]1. The molecule has 26 nitrogen and oxygen atoms in total. The minimum Gasteiger partial charge on any atom is -0.391 e. The van der Waals surface area contributed by atoms with Crippen molar-refractivity contribution in [3.8, 4) is 0 Å². The summed E-state index contributed by atoms with van der Waals surface area (Å²) in [4.78, 5) is 142. The number of aliphatic hydroxyl groups excluding tert-OH is 1. The maximum Gasteiger partial charge on any atom is 0.243 e. The Morgan fingerprint density at radius 1 is 0.735 bits per heavy atom. The Labute approximate surface area is 479 Å². The molecule has 3 aromatic carbocycles. The lowest BCUT2D eigenvalue weighted by Gasteiger charge is -2.28. The van der Waals surface area contributed by atoms with Crippen LogP contribution in [0.3, 0.4) is 0 Å². The first-order valence-corrected chi connectivity index (χ1v) is 27.6. The lowest BCUT2D eigenvalue weighted by Crippen LogP contribution is -2.61. The summed E-state index contributed by atoms with van der Waals surface area (Å²) in [6, 6.07) is 13.6. The van der Waals surface area contributed by atoms with Crippen molar-refractivity contribution in [1.82, 2.24) is 57.5 Å². The molecule has 9 atom stereocenters. The van der Waals surface area contributed by atoms with Crippen LogP contribution in [0.4, 0.5) is 0 Å². The number of hydrogen-bond donors (Lipinski definition) is 15. The normalized spacial score (nSPS) is 21.2. The molecule has 26 heteroatoms. The lowest BCUT2D eigenvalue weighted by molar-refractivity contribution is -0.136. The van der Waals surface area contributed by atoms with E-state index in [4.69, 9.17) is 22.9 Å². The molecule has 0 radical (unpaired) electrons. The number of primary amides is 1. The van der Waals surface area contributed by atoms with Crippen LogP contribution >= 0.6 is 0 Å². The van der Waals surface area contributed by atoms with Gasteiger partial charge in [0.25, 0.3) is 0 Å². The van der Waals surface area contributed by atoms with Gasteiger partial charge in [-0.2, -0.15) is 0 Å². The van der Waals surface area contributed by atoms with E-state index >= 15 is 0 Å². The van der Waals surface area contributed by atoms with Crippen molar-refractivity contribution >= 4 is 70.0 Å². The number of aryl methyl sites for hydroxylation is 1. The van der Waals surface area contributed by atoms with Crippen LogP contribution in [0.15, 0.2) is 102 Å². The number of aliphatic imine (C=N–C) groups is 1. The summed E-state index contributed by atoms with van der Waals surface area (Å²) in [5.74, 6) is -7.14. The van der Waals surface area contributed by atoms with Crippen LogP contribution in [0.1, 0.15) is 80.1 Å². The zero-order valence-electron chi connectivity index (χ0n) is 46.5. The standard InChI is InChI=1S/C57H76N16O10/c1-32(74)48(49(59)76)73-53(80)41-20-11-12-24-62-47(75)23-22-43(67-50(77)39(58)26-34-14-5-3-6-15-34)52(79)72-46(29-37-31-64-33(2)66-37)56(83)70-44(27-35-16-7-4-8-17-35)54(81)69-42(21-13-25-63-57(60)61)51(78)71-45(55(82)68-41)28-36-30-65-40-19-10-9-18-38(36)40/h3-10,14-19,30-32,39,41-46,48,65,74H,11-13,20-29,58H2,1-2H3,(H2,59,76)(H,62,75)(H,64,66)(H,67,77)(H,68,82)(H,69,81)(H,70,83)(H,71,78)(H,72,79)(H,73,80)(H4,60,61,63)/t32-,39-,41-,42+,43+,44+,45-,46+,48+/m1/s1. The number of aromatic nitrogens is 3. The molecule has 0 bridgehead atoms. The number of benzene rings is 3. The number of fused-ring (bicyclic) bond motifs is 1. The van der Waals surface area contributed by atoms with Crippen LogP contribution in [0.2, 0.25) is 0 Å². The molecule has 83 heavy (non-hydrogen) atoms. The maximum atomic E-state index is 14.9. The van der Waals surface area contributed by atoms with E-state index in [1.165, 1.54) is 13.1 Å². The fraction of sp³-hybridized carbons (Fsp3) is 0.421. The number of nitrogens with two attached hydrogens (primary N) is 4. The number of guanidine groups is 1. The quantitative estimate of drug-likeness (QED) is 0.0262. The zero-order valence-corrected chi connectivity index (χ0v) is 46.5. The van der Waals surface area contributed by atoms with E-state index in [9.17, 15) is 48.3 Å². The van der Waals surface area contributed by atoms with Gasteiger partial charge >= 0.3 is 0 Å². The fourth-order valence-corrected chi connectivity index (χ4v) is 9.45. The third kappa shape index (κ3) is 19.8. The Bertz CT molecular complexity index is 3050. The molecule has 1 aliphatic rings. The van der Waals surface area contributed by atoms with Gasteiger partial charge in [0.05, 0.1) is 12.1 Å². The van der Waals surface area contributed by atoms with Gasteiger partial charge in [0.15, 0.2) is 5.96 Å². The molecule has 19 N–H and O–H groups in total. The summed E-state index contributed by atoms with van der Waals surface area (Å²) in [7, 11) is 0. The van der Waals surface area contributed by atoms with Crippen molar-refractivity contribution in [2.45, 2.75) is 139 Å². The summed E-state index contributed by atoms with van der Waals surface area (Å²) in [5, 5.41) is 32.8. The molecule has 1 fully saturated rings. The summed E-state index contributed by atoms with van der Waals surface area (Å²) in [6.07, 6.45) is 1.18. The number of nitrogens with zero attached hydrogens (tertiary/aromatic N) is 2. The van der Waals surface area contributed by atoms with Gasteiger partial charge < -0.3 is 80.5 Å². The molecule has 0 unspecified atom stereocenters. The van der Waals surface area contributed by atoms with E-state index < -0.39 is 108 Å². The van der Waals surface area contributed by atoms with Gasteiger partial charge in [-0.1, -0.05) is 78.9 Å². The van der Waals surface area contributed by atoms with Crippen LogP contribution in [-0.2, 0) is 68.8 Å².